The molecular weight excluding hydrogens is 378 g/mol. The van der Waals surface area contributed by atoms with Crippen LogP contribution in [0, 0.1) is 0 Å². The standard InChI is InChI=1S/C21H16ClN3O3/c22-17-9-7-15(8-10-17)20(27)24-18-5-1-3-14(11-18)13-23-25-21(28)16-4-2-6-19(26)12-16/h1-13,26H,(H,24,27)(H,25,28)/b23-13+. The van der Waals surface area contributed by atoms with Gasteiger partial charge in [-0.25, -0.2) is 5.43 Å². The Kier molecular flexibility index (Phi) is 6.04. The Morgan fingerprint density at radius 1 is 0.893 bits per heavy atom. The fourth-order valence-corrected chi connectivity index (χ4v) is 2.50. The van der Waals surface area contributed by atoms with Crippen LogP contribution in [-0.2, 0) is 0 Å². The molecule has 0 radical (unpaired) electrons. The van der Waals surface area contributed by atoms with Gasteiger partial charge in [0.25, 0.3) is 11.8 Å². The van der Waals surface area contributed by atoms with Gasteiger partial charge in [-0.05, 0) is 60.2 Å². The van der Waals surface area contributed by atoms with Gasteiger partial charge < -0.3 is 10.4 Å². The molecule has 0 spiro atoms. The van der Waals surface area contributed by atoms with Gasteiger partial charge in [-0.15, -0.1) is 0 Å². The molecule has 140 valence electrons. The highest BCUT2D eigenvalue weighted by Crippen LogP contribution is 2.14. The van der Waals surface area contributed by atoms with Crippen LogP contribution in [0.2, 0.25) is 5.02 Å². The summed E-state index contributed by atoms with van der Waals surface area (Å²) in [6.45, 7) is 0. The van der Waals surface area contributed by atoms with Gasteiger partial charge in [-0.3, -0.25) is 9.59 Å². The van der Waals surface area contributed by atoms with E-state index < -0.39 is 5.91 Å². The topological polar surface area (TPSA) is 90.8 Å². The quantitative estimate of drug-likeness (QED) is 0.451. The number of hydrogen-bond acceptors (Lipinski definition) is 4. The van der Waals surface area contributed by atoms with Crippen LogP contribution in [0.5, 0.6) is 5.75 Å². The lowest BCUT2D eigenvalue weighted by atomic mass is 10.2. The molecule has 0 unspecified atom stereocenters. The smallest absolute Gasteiger partial charge is 0.271 e. The number of carbonyl (C=O) groups is 2. The van der Waals surface area contributed by atoms with Crippen molar-refractivity contribution in [3.05, 3.63) is 94.5 Å². The number of hydrogen-bond donors (Lipinski definition) is 3. The van der Waals surface area contributed by atoms with Crippen LogP contribution < -0.4 is 10.7 Å². The highest BCUT2D eigenvalue weighted by Gasteiger charge is 2.06. The van der Waals surface area contributed by atoms with E-state index in [1.807, 2.05) is 0 Å². The van der Waals surface area contributed by atoms with E-state index >= 15 is 0 Å². The van der Waals surface area contributed by atoms with Crippen molar-refractivity contribution >= 4 is 35.3 Å². The molecule has 0 fully saturated rings. The third-order valence-corrected chi connectivity index (χ3v) is 3.99. The molecule has 3 aromatic rings. The largest absolute Gasteiger partial charge is 0.508 e. The van der Waals surface area contributed by atoms with Crippen LogP contribution in [-0.4, -0.2) is 23.1 Å². The second kappa shape index (κ2) is 8.83. The number of phenolic OH excluding ortho intramolecular Hbond substituents is 1. The number of benzene rings is 3. The zero-order chi connectivity index (χ0) is 19.9. The first-order chi connectivity index (χ1) is 13.5. The van der Waals surface area contributed by atoms with Gasteiger partial charge in [0.05, 0.1) is 6.21 Å². The highest BCUT2D eigenvalue weighted by atomic mass is 35.5. The zero-order valence-corrected chi connectivity index (χ0v) is 15.4. The minimum atomic E-state index is -0.445. The summed E-state index contributed by atoms with van der Waals surface area (Å²) in [5, 5.41) is 16.7. The molecule has 3 aromatic carbocycles. The lowest BCUT2D eigenvalue weighted by Gasteiger charge is -2.06. The number of aromatic hydroxyl groups is 1. The maximum atomic E-state index is 12.3. The van der Waals surface area contributed by atoms with Crippen LogP contribution in [0.15, 0.2) is 77.9 Å². The number of halogens is 1. The van der Waals surface area contributed by atoms with E-state index in [-0.39, 0.29) is 11.7 Å². The maximum Gasteiger partial charge on any atom is 0.271 e. The molecule has 0 aliphatic carbocycles. The van der Waals surface area contributed by atoms with Crippen molar-refractivity contribution in [2.24, 2.45) is 5.10 Å². The van der Waals surface area contributed by atoms with Crippen molar-refractivity contribution in [3.8, 4) is 5.75 Å². The van der Waals surface area contributed by atoms with Crippen LogP contribution in [0.3, 0.4) is 0 Å². The number of phenols is 1. The Hall–Kier alpha value is -3.64. The number of nitrogens with zero attached hydrogens (tertiary/aromatic N) is 1. The van der Waals surface area contributed by atoms with Gasteiger partial charge in [-0.2, -0.15) is 5.10 Å². The Labute approximate surface area is 166 Å². The van der Waals surface area contributed by atoms with E-state index in [9.17, 15) is 14.7 Å². The molecule has 7 heteroatoms. The third-order valence-electron chi connectivity index (χ3n) is 3.74. The Bertz CT molecular complexity index is 1030. The van der Waals surface area contributed by atoms with E-state index in [2.05, 4.69) is 15.8 Å². The van der Waals surface area contributed by atoms with Crippen molar-refractivity contribution in [3.63, 3.8) is 0 Å². The Morgan fingerprint density at radius 3 is 2.39 bits per heavy atom. The molecule has 0 bridgehead atoms. The summed E-state index contributed by atoms with van der Waals surface area (Å²) in [5.74, 6) is -0.706. The molecule has 3 N–H and O–H groups in total. The molecule has 0 saturated heterocycles. The molecule has 0 aromatic heterocycles. The summed E-state index contributed by atoms with van der Waals surface area (Å²) < 4.78 is 0. The van der Waals surface area contributed by atoms with Crippen LogP contribution in [0.4, 0.5) is 5.69 Å². The van der Waals surface area contributed by atoms with E-state index in [1.165, 1.54) is 18.3 Å². The van der Waals surface area contributed by atoms with E-state index in [4.69, 9.17) is 11.6 Å². The first-order valence-corrected chi connectivity index (χ1v) is 8.68. The SMILES string of the molecule is O=C(N/N=C/c1cccc(NC(=O)c2ccc(Cl)cc2)c1)c1cccc(O)c1. The van der Waals surface area contributed by atoms with Crippen molar-refractivity contribution in [2.75, 3.05) is 5.32 Å². The van der Waals surface area contributed by atoms with Gasteiger partial charge >= 0.3 is 0 Å². The summed E-state index contributed by atoms with van der Waals surface area (Å²) in [6.07, 6.45) is 1.46. The van der Waals surface area contributed by atoms with Crippen molar-refractivity contribution in [1.82, 2.24) is 5.43 Å². The number of hydrazone groups is 1. The molecular formula is C21H16ClN3O3. The summed E-state index contributed by atoms with van der Waals surface area (Å²) >= 11 is 5.83. The predicted molar refractivity (Wildman–Crippen MR) is 109 cm³/mol. The number of amides is 2. The molecule has 0 saturated carbocycles. The molecule has 0 aliphatic heterocycles. The van der Waals surface area contributed by atoms with Crippen LogP contribution in [0.1, 0.15) is 26.3 Å². The van der Waals surface area contributed by atoms with Crippen LogP contribution in [0.25, 0.3) is 0 Å². The average molecular weight is 394 g/mol. The summed E-state index contributed by atoms with van der Waals surface area (Å²) in [4.78, 5) is 24.2. The fourth-order valence-electron chi connectivity index (χ4n) is 2.38. The molecule has 6 nitrogen and oxygen atoms in total. The minimum absolute atomic E-state index is 0.000703. The second-order valence-electron chi connectivity index (χ2n) is 5.84. The van der Waals surface area contributed by atoms with Gasteiger partial charge in [0.1, 0.15) is 5.75 Å². The normalized spacial score (nSPS) is 10.6. The highest BCUT2D eigenvalue weighted by molar-refractivity contribution is 6.30. The van der Waals surface area contributed by atoms with E-state index in [0.717, 1.165) is 0 Å². The molecule has 0 atom stereocenters. The maximum absolute atomic E-state index is 12.3. The summed E-state index contributed by atoms with van der Waals surface area (Å²) in [7, 11) is 0. The summed E-state index contributed by atoms with van der Waals surface area (Å²) in [5.41, 5.74) is 4.44. The van der Waals surface area contributed by atoms with Gasteiger partial charge in [0.15, 0.2) is 0 Å². The zero-order valence-electron chi connectivity index (χ0n) is 14.6. The molecule has 2 amide bonds. The number of carbonyl (C=O) groups excluding carboxylic acids is 2. The van der Waals surface area contributed by atoms with Crippen molar-refractivity contribution < 1.29 is 14.7 Å². The van der Waals surface area contributed by atoms with E-state index in [1.54, 1.807) is 60.7 Å². The molecule has 0 aliphatic rings. The predicted octanol–water partition coefficient (Wildman–Crippen LogP) is 4.06. The third kappa shape index (κ3) is 5.18. The minimum Gasteiger partial charge on any atom is -0.508 e. The monoisotopic (exact) mass is 393 g/mol. The average Bonchev–Trinajstić information content (AvgIpc) is 2.68. The first kappa shape index (κ1) is 19.1. The molecule has 28 heavy (non-hydrogen) atoms. The van der Waals surface area contributed by atoms with Gasteiger partial charge in [0, 0.05) is 21.8 Å². The first-order valence-electron chi connectivity index (χ1n) is 8.31. The number of rotatable bonds is 5. The number of nitrogens with one attached hydrogen (secondary N) is 2. The lowest BCUT2D eigenvalue weighted by molar-refractivity contribution is 0.0954. The Morgan fingerprint density at radius 2 is 1.64 bits per heavy atom. The Balaban J connectivity index is 1.62. The second-order valence-corrected chi connectivity index (χ2v) is 6.27. The molecule has 0 heterocycles. The van der Waals surface area contributed by atoms with Crippen LogP contribution >= 0.6 is 11.6 Å². The lowest BCUT2D eigenvalue weighted by Crippen LogP contribution is -2.17. The number of anilines is 1. The van der Waals surface area contributed by atoms with Gasteiger partial charge in [0.2, 0.25) is 0 Å². The van der Waals surface area contributed by atoms with Crippen molar-refractivity contribution in [2.45, 2.75) is 0 Å². The van der Waals surface area contributed by atoms with E-state index in [0.29, 0.717) is 27.4 Å². The van der Waals surface area contributed by atoms with Crippen molar-refractivity contribution in [1.29, 1.82) is 0 Å². The fraction of sp³-hybridized carbons (Fsp3) is 0. The summed E-state index contributed by atoms with van der Waals surface area (Å²) in [6, 6.07) is 19.5. The van der Waals surface area contributed by atoms with Gasteiger partial charge in [-0.1, -0.05) is 29.8 Å². The molecule has 3 rings (SSSR count).